The molecule has 0 fully saturated rings. The fraction of sp³-hybridized carbons (Fsp3) is 0.400. The summed E-state index contributed by atoms with van der Waals surface area (Å²) in [6.07, 6.45) is 0. The third-order valence-electron chi connectivity index (χ3n) is 1.94. The van der Waals surface area contributed by atoms with Crippen molar-refractivity contribution in [3.05, 3.63) is 29.8 Å². The third kappa shape index (κ3) is 3.48. The Morgan fingerprint density at radius 3 is 2.53 bits per heavy atom. The van der Waals surface area contributed by atoms with Gasteiger partial charge in [-0.2, -0.15) is 0 Å². The predicted molar refractivity (Wildman–Crippen MR) is 61.7 cm³/mol. The molecule has 0 aliphatic carbocycles. The number of alkyl halides is 1. The van der Waals surface area contributed by atoms with Gasteiger partial charge < -0.3 is 0 Å². The lowest BCUT2D eigenvalue weighted by molar-refractivity contribution is 0.580. The Balaban J connectivity index is 2.92. The van der Waals surface area contributed by atoms with Crippen LogP contribution < -0.4 is 4.72 Å². The van der Waals surface area contributed by atoms with Gasteiger partial charge >= 0.3 is 0 Å². The van der Waals surface area contributed by atoms with Crippen LogP contribution in [0.4, 0.5) is 0 Å². The minimum absolute atomic E-state index is 0.219. The van der Waals surface area contributed by atoms with Crippen LogP contribution in [-0.2, 0) is 10.0 Å². The number of aryl methyl sites for hydroxylation is 1. The first-order valence-corrected chi connectivity index (χ1v) is 6.55. The van der Waals surface area contributed by atoms with Gasteiger partial charge in [0.2, 0.25) is 10.0 Å². The van der Waals surface area contributed by atoms with Crippen LogP contribution in [0, 0.1) is 6.92 Å². The van der Waals surface area contributed by atoms with E-state index in [2.05, 4.69) is 4.72 Å². The molecule has 1 unspecified atom stereocenters. The Kier molecular flexibility index (Phi) is 4.13. The number of hydrogen-bond acceptors (Lipinski definition) is 2. The van der Waals surface area contributed by atoms with E-state index in [4.69, 9.17) is 11.6 Å². The SMILES string of the molecule is Cc1ccccc1S(=O)(=O)NCC(C)Cl. The highest BCUT2D eigenvalue weighted by molar-refractivity contribution is 7.89. The molecule has 0 amide bonds. The van der Waals surface area contributed by atoms with E-state index in [1.807, 2.05) is 0 Å². The standard InChI is InChI=1S/C10H14ClNO2S/c1-8-5-3-4-6-10(8)15(13,14)12-7-9(2)11/h3-6,9,12H,7H2,1-2H3. The van der Waals surface area contributed by atoms with Gasteiger partial charge in [-0.1, -0.05) is 18.2 Å². The number of hydrogen-bond donors (Lipinski definition) is 1. The lowest BCUT2D eigenvalue weighted by Crippen LogP contribution is -2.29. The Morgan fingerprint density at radius 1 is 1.40 bits per heavy atom. The molecule has 1 rings (SSSR count). The maximum absolute atomic E-state index is 11.8. The van der Waals surface area contributed by atoms with Gasteiger partial charge in [0.05, 0.1) is 4.90 Å². The molecule has 5 heteroatoms. The minimum Gasteiger partial charge on any atom is -0.210 e. The van der Waals surface area contributed by atoms with Crippen LogP contribution in [0.5, 0.6) is 0 Å². The average Bonchev–Trinajstić information content (AvgIpc) is 2.15. The second-order valence-corrected chi connectivity index (χ2v) is 5.88. The van der Waals surface area contributed by atoms with Crippen LogP contribution in [0.15, 0.2) is 29.2 Å². The van der Waals surface area contributed by atoms with E-state index in [1.54, 1.807) is 38.1 Å². The summed E-state index contributed by atoms with van der Waals surface area (Å²) in [5, 5.41) is -0.219. The van der Waals surface area contributed by atoms with Crippen LogP contribution in [0.2, 0.25) is 0 Å². The summed E-state index contributed by atoms with van der Waals surface area (Å²) in [5.41, 5.74) is 0.729. The van der Waals surface area contributed by atoms with Crippen molar-refractivity contribution in [3.8, 4) is 0 Å². The largest absolute Gasteiger partial charge is 0.240 e. The number of nitrogens with one attached hydrogen (secondary N) is 1. The molecule has 0 bridgehead atoms. The lowest BCUT2D eigenvalue weighted by atomic mass is 10.2. The maximum Gasteiger partial charge on any atom is 0.240 e. The first-order valence-electron chi connectivity index (χ1n) is 4.63. The number of benzene rings is 1. The van der Waals surface area contributed by atoms with Gasteiger partial charge in [-0.3, -0.25) is 0 Å². The molecular formula is C10H14ClNO2S. The van der Waals surface area contributed by atoms with Gasteiger partial charge in [0.15, 0.2) is 0 Å². The second-order valence-electron chi connectivity index (χ2n) is 3.40. The summed E-state index contributed by atoms with van der Waals surface area (Å²) in [4.78, 5) is 0.308. The van der Waals surface area contributed by atoms with Crippen molar-refractivity contribution in [2.75, 3.05) is 6.54 Å². The van der Waals surface area contributed by atoms with E-state index in [0.717, 1.165) is 5.56 Å². The van der Waals surface area contributed by atoms with Gasteiger partial charge in [0.1, 0.15) is 0 Å². The molecule has 1 N–H and O–H groups in total. The normalized spacial score (nSPS) is 13.8. The Bertz CT molecular complexity index is 429. The average molecular weight is 248 g/mol. The molecule has 0 aliphatic rings. The molecule has 0 radical (unpaired) electrons. The molecule has 0 saturated carbocycles. The zero-order chi connectivity index (χ0) is 11.5. The van der Waals surface area contributed by atoms with Crippen molar-refractivity contribution in [3.63, 3.8) is 0 Å². The second kappa shape index (κ2) is 4.96. The molecule has 1 atom stereocenters. The van der Waals surface area contributed by atoms with E-state index in [0.29, 0.717) is 4.90 Å². The van der Waals surface area contributed by atoms with Crippen LogP contribution in [-0.4, -0.2) is 20.3 Å². The Labute approximate surface area is 95.5 Å². The Morgan fingerprint density at radius 2 is 2.00 bits per heavy atom. The number of rotatable bonds is 4. The summed E-state index contributed by atoms with van der Waals surface area (Å²) >= 11 is 5.68. The van der Waals surface area contributed by atoms with E-state index >= 15 is 0 Å². The molecule has 1 aromatic rings. The van der Waals surface area contributed by atoms with Crippen molar-refractivity contribution in [1.82, 2.24) is 4.72 Å². The van der Waals surface area contributed by atoms with Crippen molar-refractivity contribution >= 4 is 21.6 Å². The number of halogens is 1. The highest BCUT2D eigenvalue weighted by atomic mass is 35.5. The summed E-state index contributed by atoms with van der Waals surface area (Å²) in [5.74, 6) is 0. The van der Waals surface area contributed by atoms with Crippen molar-refractivity contribution in [2.24, 2.45) is 0 Å². The zero-order valence-corrected chi connectivity index (χ0v) is 10.3. The number of sulfonamides is 1. The van der Waals surface area contributed by atoms with Gasteiger partial charge in [-0.05, 0) is 25.5 Å². The quantitative estimate of drug-likeness (QED) is 0.826. The van der Waals surface area contributed by atoms with Crippen LogP contribution in [0.25, 0.3) is 0 Å². The first-order chi connectivity index (χ1) is 6.93. The fourth-order valence-corrected chi connectivity index (χ4v) is 2.70. The van der Waals surface area contributed by atoms with E-state index in [-0.39, 0.29) is 11.9 Å². The zero-order valence-electron chi connectivity index (χ0n) is 8.70. The summed E-state index contributed by atoms with van der Waals surface area (Å²) in [6.45, 7) is 3.73. The molecule has 0 saturated heterocycles. The highest BCUT2D eigenvalue weighted by Gasteiger charge is 2.15. The minimum atomic E-state index is -3.42. The molecule has 3 nitrogen and oxygen atoms in total. The molecule has 0 heterocycles. The van der Waals surface area contributed by atoms with Gasteiger partial charge in [0.25, 0.3) is 0 Å². The van der Waals surface area contributed by atoms with E-state index in [9.17, 15) is 8.42 Å². The smallest absolute Gasteiger partial charge is 0.210 e. The Hall–Kier alpha value is -0.580. The van der Waals surface area contributed by atoms with Crippen molar-refractivity contribution in [1.29, 1.82) is 0 Å². The lowest BCUT2D eigenvalue weighted by Gasteiger charge is -2.09. The molecule has 84 valence electrons. The summed E-state index contributed by atoms with van der Waals surface area (Å²) in [7, 11) is -3.42. The fourth-order valence-electron chi connectivity index (χ4n) is 1.16. The van der Waals surface area contributed by atoms with Gasteiger partial charge in [0, 0.05) is 11.9 Å². The van der Waals surface area contributed by atoms with Crippen LogP contribution >= 0.6 is 11.6 Å². The summed E-state index contributed by atoms with van der Waals surface area (Å²) < 4.78 is 26.0. The maximum atomic E-state index is 11.8. The first kappa shape index (κ1) is 12.5. The molecule has 15 heavy (non-hydrogen) atoms. The highest BCUT2D eigenvalue weighted by Crippen LogP contribution is 2.13. The summed E-state index contributed by atoms with van der Waals surface area (Å²) in [6, 6.07) is 6.85. The molecule has 0 spiro atoms. The third-order valence-corrected chi connectivity index (χ3v) is 3.68. The molecule has 0 aliphatic heterocycles. The van der Waals surface area contributed by atoms with E-state index in [1.165, 1.54) is 0 Å². The topological polar surface area (TPSA) is 46.2 Å². The van der Waals surface area contributed by atoms with E-state index < -0.39 is 10.0 Å². The molecule has 1 aromatic carbocycles. The van der Waals surface area contributed by atoms with Crippen LogP contribution in [0.1, 0.15) is 12.5 Å². The van der Waals surface area contributed by atoms with Crippen molar-refractivity contribution in [2.45, 2.75) is 24.1 Å². The van der Waals surface area contributed by atoms with Crippen LogP contribution in [0.3, 0.4) is 0 Å². The van der Waals surface area contributed by atoms with Gasteiger partial charge in [-0.25, -0.2) is 13.1 Å². The molecule has 0 aromatic heterocycles. The molecular weight excluding hydrogens is 234 g/mol. The van der Waals surface area contributed by atoms with Gasteiger partial charge in [-0.15, -0.1) is 11.6 Å². The van der Waals surface area contributed by atoms with Crippen molar-refractivity contribution < 1.29 is 8.42 Å². The predicted octanol–water partition coefficient (Wildman–Crippen LogP) is 1.90. The monoisotopic (exact) mass is 247 g/mol.